The van der Waals surface area contributed by atoms with Crippen LogP contribution in [0.15, 0.2) is 29.6 Å². The number of ether oxygens (including phenoxy) is 2. The number of fused-ring (bicyclic) bond motifs is 3. The topological polar surface area (TPSA) is 68.6 Å². The quantitative estimate of drug-likeness (QED) is 0.347. The smallest absolute Gasteiger partial charge is 0.161 e. The molecule has 170 valence electrons. The van der Waals surface area contributed by atoms with Crippen molar-refractivity contribution in [3.63, 3.8) is 0 Å². The summed E-state index contributed by atoms with van der Waals surface area (Å²) in [7, 11) is 3.27. The van der Waals surface area contributed by atoms with Gasteiger partial charge in [0.25, 0.3) is 0 Å². The van der Waals surface area contributed by atoms with Crippen LogP contribution in [0.25, 0.3) is 10.2 Å². The van der Waals surface area contributed by atoms with Crippen molar-refractivity contribution in [2.24, 2.45) is 16.4 Å². The summed E-state index contributed by atoms with van der Waals surface area (Å²) in [5.74, 6) is 2.83. The molecule has 1 atom stereocenters. The fourth-order valence-corrected chi connectivity index (χ4v) is 5.59. The fourth-order valence-electron chi connectivity index (χ4n) is 4.41. The molecule has 0 unspecified atom stereocenters. The van der Waals surface area contributed by atoms with Crippen LogP contribution in [0, 0.1) is 11.3 Å². The normalized spacial score (nSPS) is 16.7. The molecule has 7 heteroatoms. The number of rotatable bonds is 7. The highest BCUT2D eigenvalue weighted by Gasteiger charge is 2.33. The van der Waals surface area contributed by atoms with E-state index < -0.39 is 0 Å². The predicted octanol–water partition coefficient (Wildman–Crippen LogP) is 6.09. The molecule has 0 saturated heterocycles. The molecule has 0 bridgehead atoms. The molecule has 1 aromatic carbocycles. The van der Waals surface area contributed by atoms with E-state index in [2.05, 4.69) is 41.3 Å². The summed E-state index contributed by atoms with van der Waals surface area (Å²) >= 11 is 1.80. The van der Waals surface area contributed by atoms with E-state index in [1.165, 1.54) is 23.3 Å². The highest BCUT2D eigenvalue weighted by Crippen LogP contribution is 2.45. The van der Waals surface area contributed by atoms with Gasteiger partial charge in [0, 0.05) is 10.4 Å². The summed E-state index contributed by atoms with van der Waals surface area (Å²) in [6.45, 7) is 9.05. The lowest BCUT2D eigenvalue weighted by Gasteiger charge is -2.36. The second kappa shape index (κ2) is 9.06. The standard InChI is InChI=1S/C25H32N4O2S/c1-7-25(3,4)17-9-11-21-18(13-17)22-23(26-14-27-24(22)32-21)29-28-15(2)16-8-10-19(30-5)20(12-16)31-6/h8,10,12,14,17H,7,9,11,13H2,1-6H3,(H,26,27,29)/b28-15-/t17-/m0/s1. The van der Waals surface area contributed by atoms with Gasteiger partial charge in [-0.3, -0.25) is 5.43 Å². The van der Waals surface area contributed by atoms with Crippen LogP contribution in [0.1, 0.15) is 56.5 Å². The summed E-state index contributed by atoms with van der Waals surface area (Å²) < 4.78 is 10.8. The Balaban J connectivity index is 1.65. The first-order valence-electron chi connectivity index (χ1n) is 11.2. The number of aromatic nitrogens is 2. The van der Waals surface area contributed by atoms with Gasteiger partial charge in [0.15, 0.2) is 17.3 Å². The van der Waals surface area contributed by atoms with Gasteiger partial charge >= 0.3 is 0 Å². The Morgan fingerprint density at radius 3 is 2.72 bits per heavy atom. The molecule has 3 aromatic rings. The first-order valence-corrected chi connectivity index (χ1v) is 12.0. The van der Waals surface area contributed by atoms with Crippen LogP contribution in [0.5, 0.6) is 11.5 Å². The molecular weight excluding hydrogens is 420 g/mol. The van der Waals surface area contributed by atoms with Crippen molar-refractivity contribution in [2.45, 2.75) is 53.4 Å². The highest BCUT2D eigenvalue weighted by atomic mass is 32.1. The van der Waals surface area contributed by atoms with Gasteiger partial charge in [-0.1, -0.05) is 27.2 Å². The van der Waals surface area contributed by atoms with Crippen molar-refractivity contribution in [2.75, 3.05) is 19.6 Å². The number of thiophene rings is 1. The molecule has 2 aromatic heterocycles. The second-order valence-electron chi connectivity index (χ2n) is 9.07. The van der Waals surface area contributed by atoms with Gasteiger partial charge in [0.2, 0.25) is 0 Å². The zero-order valence-electron chi connectivity index (χ0n) is 19.8. The van der Waals surface area contributed by atoms with Gasteiger partial charge < -0.3 is 9.47 Å². The average molecular weight is 453 g/mol. The average Bonchev–Trinajstić information content (AvgIpc) is 3.20. The first-order chi connectivity index (χ1) is 15.4. The van der Waals surface area contributed by atoms with Crippen LogP contribution in [0.2, 0.25) is 0 Å². The molecular formula is C25H32N4O2S. The van der Waals surface area contributed by atoms with Crippen LogP contribution >= 0.6 is 11.3 Å². The number of hydrogen-bond donors (Lipinski definition) is 1. The molecule has 1 aliphatic rings. The largest absolute Gasteiger partial charge is 0.493 e. The predicted molar refractivity (Wildman–Crippen MR) is 132 cm³/mol. The molecule has 0 fully saturated rings. The SMILES string of the molecule is CCC(C)(C)[C@H]1CCc2sc3ncnc(N/N=C(/C)c4ccc(OC)c(OC)c4)c3c2C1. The number of aryl methyl sites for hydroxylation is 1. The highest BCUT2D eigenvalue weighted by molar-refractivity contribution is 7.19. The minimum absolute atomic E-state index is 0.331. The third-order valence-corrected chi connectivity index (χ3v) is 8.19. The van der Waals surface area contributed by atoms with Crippen molar-refractivity contribution in [1.82, 2.24) is 9.97 Å². The zero-order valence-corrected chi connectivity index (χ0v) is 20.6. The molecule has 32 heavy (non-hydrogen) atoms. The maximum absolute atomic E-state index is 5.43. The number of hydrogen-bond acceptors (Lipinski definition) is 7. The van der Waals surface area contributed by atoms with E-state index in [1.54, 1.807) is 31.9 Å². The van der Waals surface area contributed by atoms with Crippen molar-refractivity contribution < 1.29 is 9.47 Å². The minimum atomic E-state index is 0.331. The third-order valence-electron chi connectivity index (χ3n) is 6.99. The minimum Gasteiger partial charge on any atom is -0.493 e. The number of methoxy groups -OCH3 is 2. The van der Waals surface area contributed by atoms with E-state index in [0.717, 1.165) is 40.2 Å². The maximum Gasteiger partial charge on any atom is 0.161 e. The van der Waals surface area contributed by atoms with Gasteiger partial charge in [-0.15, -0.1) is 11.3 Å². The molecule has 0 saturated carbocycles. The lowest BCUT2D eigenvalue weighted by atomic mass is 9.69. The van der Waals surface area contributed by atoms with E-state index in [0.29, 0.717) is 22.8 Å². The molecule has 0 aliphatic heterocycles. The van der Waals surface area contributed by atoms with E-state index >= 15 is 0 Å². The molecule has 1 aliphatic carbocycles. The Hall–Kier alpha value is -2.67. The molecule has 0 radical (unpaired) electrons. The lowest BCUT2D eigenvalue weighted by molar-refractivity contribution is 0.184. The van der Waals surface area contributed by atoms with Crippen LogP contribution in [-0.4, -0.2) is 29.9 Å². The second-order valence-corrected chi connectivity index (χ2v) is 10.2. The number of anilines is 1. The zero-order chi connectivity index (χ0) is 22.9. The summed E-state index contributed by atoms with van der Waals surface area (Å²) in [4.78, 5) is 11.6. The summed E-state index contributed by atoms with van der Waals surface area (Å²) in [5, 5.41) is 5.78. The van der Waals surface area contributed by atoms with E-state index in [4.69, 9.17) is 9.47 Å². The van der Waals surface area contributed by atoms with Crippen molar-refractivity contribution in [3.8, 4) is 11.5 Å². The van der Waals surface area contributed by atoms with Gasteiger partial charge in [-0.05, 0) is 61.3 Å². The summed E-state index contributed by atoms with van der Waals surface area (Å²) in [6.07, 6.45) is 6.26. The van der Waals surface area contributed by atoms with E-state index in [1.807, 2.05) is 25.1 Å². The summed E-state index contributed by atoms with van der Waals surface area (Å²) in [5.41, 5.74) is 6.76. The Morgan fingerprint density at radius 2 is 2.00 bits per heavy atom. The van der Waals surface area contributed by atoms with Gasteiger partial charge in [-0.25, -0.2) is 9.97 Å². The molecule has 2 heterocycles. The monoisotopic (exact) mass is 452 g/mol. The third kappa shape index (κ3) is 4.18. The number of nitrogens with one attached hydrogen (secondary N) is 1. The van der Waals surface area contributed by atoms with Gasteiger partial charge in [-0.2, -0.15) is 5.10 Å². The molecule has 6 nitrogen and oxygen atoms in total. The Kier molecular flexibility index (Phi) is 6.38. The number of nitrogens with zero attached hydrogens (tertiary/aromatic N) is 3. The van der Waals surface area contributed by atoms with Crippen LogP contribution < -0.4 is 14.9 Å². The van der Waals surface area contributed by atoms with E-state index in [9.17, 15) is 0 Å². The molecule has 4 rings (SSSR count). The number of benzene rings is 1. The first kappa shape index (κ1) is 22.5. The van der Waals surface area contributed by atoms with Crippen molar-refractivity contribution in [1.29, 1.82) is 0 Å². The van der Waals surface area contributed by atoms with Crippen LogP contribution in [-0.2, 0) is 12.8 Å². The van der Waals surface area contributed by atoms with Crippen LogP contribution in [0.3, 0.4) is 0 Å². The van der Waals surface area contributed by atoms with Crippen LogP contribution in [0.4, 0.5) is 5.82 Å². The summed E-state index contributed by atoms with van der Waals surface area (Å²) in [6, 6.07) is 5.79. The van der Waals surface area contributed by atoms with Gasteiger partial charge in [0.05, 0.1) is 25.3 Å². The Morgan fingerprint density at radius 1 is 1.22 bits per heavy atom. The van der Waals surface area contributed by atoms with Gasteiger partial charge in [0.1, 0.15) is 11.2 Å². The van der Waals surface area contributed by atoms with Crippen molar-refractivity contribution >= 4 is 33.1 Å². The van der Waals surface area contributed by atoms with Crippen molar-refractivity contribution in [3.05, 3.63) is 40.5 Å². The lowest BCUT2D eigenvalue weighted by Crippen LogP contribution is -2.28. The maximum atomic E-state index is 5.43. The molecule has 0 amide bonds. The molecule has 0 spiro atoms. The number of hydrazone groups is 1. The Labute approximate surface area is 194 Å². The van der Waals surface area contributed by atoms with E-state index in [-0.39, 0.29) is 0 Å². The fraction of sp³-hybridized carbons (Fsp3) is 0.480. The molecule has 1 N–H and O–H groups in total. The Bertz CT molecular complexity index is 1150.